The van der Waals surface area contributed by atoms with Gasteiger partial charge in [-0.3, -0.25) is 14.6 Å². The summed E-state index contributed by atoms with van der Waals surface area (Å²) in [4.78, 5) is 36.5. The van der Waals surface area contributed by atoms with Gasteiger partial charge in [0.25, 0.3) is 5.91 Å². The number of anilines is 2. The van der Waals surface area contributed by atoms with Crippen LogP contribution in [-0.2, 0) is 19.8 Å². The summed E-state index contributed by atoms with van der Waals surface area (Å²) in [7, 11) is 1.87. The molecule has 7 rings (SSSR count). The summed E-state index contributed by atoms with van der Waals surface area (Å²) in [5, 5.41) is 3.46. The van der Waals surface area contributed by atoms with Crippen LogP contribution in [0.25, 0.3) is 10.9 Å². The maximum Gasteiger partial charge on any atom is 0.416 e. The van der Waals surface area contributed by atoms with E-state index in [0.29, 0.717) is 36.1 Å². The Morgan fingerprint density at radius 1 is 0.922 bits per heavy atom. The van der Waals surface area contributed by atoms with Crippen LogP contribution in [0, 0.1) is 0 Å². The maximum absolute atomic E-state index is 13.6. The van der Waals surface area contributed by atoms with Crippen LogP contribution in [0.1, 0.15) is 28.5 Å². The Labute approximate surface area is 291 Å². The zero-order valence-corrected chi connectivity index (χ0v) is 27.9. The number of hydrogen-bond donors (Lipinski definition) is 1. The molecule has 0 unspecified atom stereocenters. The number of benzene rings is 3. The van der Waals surface area contributed by atoms with Crippen LogP contribution in [0.5, 0.6) is 23.1 Å². The van der Waals surface area contributed by atoms with Gasteiger partial charge in [-0.1, -0.05) is 6.07 Å². The number of nitrogens with zero attached hydrogens (tertiary/aromatic N) is 5. The molecule has 51 heavy (non-hydrogen) atoms. The molecule has 5 aromatic rings. The fourth-order valence-electron chi connectivity index (χ4n) is 6.26. The van der Waals surface area contributed by atoms with Crippen molar-refractivity contribution in [1.29, 1.82) is 0 Å². The number of ether oxygens (including phenoxy) is 3. The van der Waals surface area contributed by atoms with Crippen LogP contribution in [0.15, 0.2) is 85.1 Å². The van der Waals surface area contributed by atoms with E-state index in [1.807, 2.05) is 52.9 Å². The fraction of sp³-hybridized carbons (Fsp3) is 0.270. The third-order valence-electron chi connectivity index (χ3n) is 9.02. The largest absolute Gasteiger partial charge is 0.454 e. The highest BCUT2D eigenvalue weighted by molar-refractivity contribution is 6.01. The van der Waals surface area contributed by atoms with E-state index in [4.69, 9.17) is 14.2 Å². The first kappa shape index (κ1) is 33.7. The predicted octanol–water partition coefficient (Wildman–Crippen LogP) is 7.13. The maximum atomic E-state index is 13.6. The molecule has 11 nitrogen and oxygen atoms in total. The molecule has 2 aliphatic heterocycles. The van der Waals surface area contributed by atoms with E-state index in [1.54, 1.807) is 25.1 Å². The van der Waals surface area contributed by atoms with Gasteiger partial charge in [-0.2, -0.15) is 13.2 Å². The quantitative estimate of drug-likeness (QED) is 0.184. The average Bonchev–Trinajstić information content (AvgIpc) is 3.72. The minimum atomic E-state index is -4.46. The minimum absolute atomic E-state index is 0.0287. The second-order valence-corrected chi connectivity index (χ2v) is 12.3. The summed E-state index contributed by atoms with van der Waals surface area (Å²) in [5.41, 5.74) is 2.52. The number of pyridine rings is 1. The van der Waals surface area contributed by atoms with Gasteiger partial charge in [0, 0.05) is 69.0 Å². The number of aryl methyl sites for hydroxylation is 1. The van der Waals surface area contributed by atoms with Gasteiger partial charge in [-0.15, -0.1) is 0 Å². The molecule has 0 atom stereocenters. The second kappa shape index (κ2) is 13.9. The van der Waals surface area contributed by atoms with E-state index in [2.05, 4.69) is 15.2 Å². The number of hydrogen-bond acceptors (Lipinski definition) is 7. The number of aromatic nitrogens is 2. The van der Waals surface area contributed by atoms with Gasteiger partial charge in [-0.05, 0) is 79.2 Å². The number of nitrogens with one attached hydrogen (secondary N) is 1. The molecule has 14 heteroatoms. The average molecular weight is 701 g/mol. The molecule has 3 aromatic carbocycles. The lowest BCUT2D eigenvalue weighted by molar-refractivity contribution is -0.137. The summed E-state index contributed by atoms with van der Waals surface area (Å²) in [6.07, 6.45) is -2.98. The van der Waals surface area contributed by atoms with E-state index in [1.165, 1.54) is 23.2 Å². The lowest BCUT2D eigenvalue weighted by Crippen LogP contribution is -2.48. The van der Waals surface area contributed by atoms with Crippen molar-refractivity contribution in [2.75, 3.05) is 49.7 Å². The molecule has 0 spiro atoms. The van der Waals surface area contributed by atoms with Gasteiger partial charge >= 0.3 is 12.2 Å². The molecular formula is C37H35F3N6O5. The van der Waals surface area contributed by atoms with E-state index < -0.39 is 17.8 Å². The number of piperazine rings is 1. The summed E-state index contributed by atoms with van der Waals surface area (Å²) < 4.78 is 57.5. The number of carbonyl (C=O) groups excluding carboxylic acids is 2. The summed E-state index contributed by atoms with van der Waals surface area (Å²) >= 11 is 0. The Kier molecular flexibility index (Phi) is 9.17. The van der Waals surface area contributed by atoms with E-state index in [9.17, 15) is 22.8 Å². The molecule has 4 heterocycles. The minimum Gasteiger partial charge on any atom is -0.454 e. The van der Waals surface area contributed by atoms with Gasteiger partial charge in [0.15, 0.2) is 11.5 Å². The van der Waals surface area contributed by atoms with Crippen molar-refractivity contribution >= 4 is 34.2 Å². The Bertz CT molecular complexity index is 2060. The first-order valence-electron chi connectivity index (χ1n) is 16.4. The SMILES string of the molecule is CCN(C(=O)Nc1ccc(C(F)(F)F)cc1)c1ccc(Oc2ccc3c(c2)cc(C(=O)N2CCN(Cc4ccc5c(c4)OCO5)CC2)n3C)nc1. The van der Waals surface area contributed by atoms with Crippen LogP contribution in [-0.4, -0.2) is 70.8 Å². The number of fused-ring (bicyclic) bond motifs is 2. The molecule has 3 amide bonds. The van der Waals surface area contributed by atoms with Crippen LogP contribution in [0.3, 0.4) is 0 Å². The smallest absolute Gasteiger partial charge is 0.416 e. The Hall–Kier alpha value is -5.76. The van der Waals surface area contributed by atoms with Crippen molar-refractivity contribution in [3.63, 3.8) is 0 Å². The van der Waals surface area contributed by atoms with Crippen molar-refractivity contribution in [2.45, 2.75) is 19.6 Å². The summed E-state index contributed by atoms with van der Waals surface area (Å²) in [6.45, 7) is 5.83. The molecule has 0 aliphatic carbocycles. The van der Waals surface area contributed by atoms with Crippen molar-refractivity contribution in [2.24, 2.45) is 7.05 Å². The van der Waals surface area contributed by atoms with E-state index in [0.717, 1.165) is 59.7 Å². The van der Waals surface area contributed by atoms with Gasteiger partial charge < -0.3 is 29.0 Å². The molecular weight excluding hydrogens is 665 g/mol. The monoisotopic (exact) mass is 700 g/mol. The van der Waals surface area contributed by atoms with Crippen molar-refractivity contribution in [3.8, 4) is 23.1 Å². The first-order chi connectivity index (χ1) is 24.6. The topological polar surface area (TPSA) is 101 Å². The predicted molar refractivity (Wildman–Crippen MR) is 184 cm³/mol. The zero-order chi connectivity index (χ0) is 35.7. The molecule has 0 bridgehead atoms. The third kappa shape index (κ3) is 7.26. The van der Waals surface area contributed by atoms with Crippen LogP contribution in [0.2, 0.25) is 0 Å². The highest BCUT2D eigenvalue weighted by atomic mass is 19.4. The molecule has 264 valence electrons. The van der Waals surface area contributed by atoms with Crippen LogP contribution in [0.4, 0.5) is 29.3 Å². The van der Waals surface area contributed by atoms with Crippen LogP contribution >= 0.6 is 0 Å². The van der Waals surface area contributed by atoms with Crippen LogP contribution < -0.4 is 24.4 Å². The number of carbonyl (C=O) groups is 2. The van der Waals surface area contributed by atoms with Crippen molar-refractivity contribution < 1.29 is 37.0 Å². The molecule has 1 saturated heterocycles. The highest BCUT2D eigenvalue weighted by Gasteiger charge is 2.30. The standard InChI is InChI=1S/C37H35F3N6O5/c1-3-46(36(48)42-27-7-5-26(6-8-27)37(38,39)40)28-9-13-34(41-21-28)51-29-10-11-30-25(19-29)20-31(43(30)2)35(47)45-16-14-44(15-17-45)22-24-4-12-32-33(18-24)50-23-49-32/h4-13,18-21H,3,14-17,22-23H2,1-2H3,(H,42,48). The summed E-state index contributed by atoms with van der Waals surface area (Å²) in [5.74, 6) is 2.32. The normalized spacial score (nSPS) is 14.5. The van der Waals surface area contributed by atoms with Crippen molar-refractivity contribution in [1.82, 2.24) is 19.4 Å². The Morgan fingerprint density at radius 3 is 2.39 bits per heavy atom. The molecule has 2 aliphatic rings. The molecule has 1 fully saturated rings. The first-order valence-corrected chi connectivity index (χ1v) is 16.4. The lowest BCUT2D eigenvalue weighted by Gasteiger charge is -2.34. The van der Waals surface area contributed by atoms with E-state index >= 15 is 0 Å². The fourth-order valence-corrected chi connectivity index (χ4v) is 6.26. The Morgan fingerprint density at radius 2 is 1.69 bits per heavy atom. The molecule has 0 saturated carbocycles. The number of alkyl halides is 3. The number of amides is 3. The summed E-state index contributed by atoms with van der Waals surface area (Å²) in [6, 6.07) is 20.4. The van der Waals surface area contributed by atoms with Gasteiger partial charge in [0.2, 0.25) is 12.7 Å². The lowest BCUT2D eigenvalue weighted by atomic mass is 10.1. The molecule has 2 aromatic heterocycles. The zero-order valence-electron chi connectivity index (χ0n) is 27.9. The number of rotatable bonds is 8. The number of halogens is 3. The van der Waals surface area contributed by atoms with Gasteiger partial charge in [0.1, 0.15) is 11.4 Å². The third-order valence-corrected chi connectivity index (χ3v) is 9.02. The highest BCUT2D eigenvalue weighted by Crippen LogP contribution is 2.34. The van der Waals surface area contributed by atoms with Crippen molar-refractivity contribution in [3.05, 3.63) is 102 Å². The van der Waals surface area contributed by atoms with Gasteiger partial charge in [0.05, 0.1) is 17.4 Å². The van der Waals surface area contributed by atoms with Gasteiger partial charge in [-0.25, -0.2) is 9.78 Å². The molecule has 1 N–H and O–H groups in total. The number of urea groups is 1. The second-order valence-electron chi connectivity index (χ2n) is 12.3. The van der Waals surface area contributed by atoms with E-state index in [-0.39, 0.29) is 24.9 Å². The Balaban J connectivity index is 0.959. The molecule has 0 radical (unpaired) electrons.